The van der Waals surface area contributed by atoms with E-state index in [4.69, 9.17) is 5.73 Å². The third-order valence-corrected chi connectivity index (χ3v) is 4.26. The average molecular weight is 239 g/mol. The third kappa shape index (κ3) is 2.74. The molecule has 0 radical (unpaired) electrons. The molecule has 2 heterocycles. The van der Waals surface area contributed by atoms with E-state index in [1.54, 1.807) is 11.3 Å². The van der Waals surface area contributed by atoms with Gasteiger partial charge in [0.25, 0.3) is 0 Å². The topological polar surface area (TPSA) is 42.2 Å². The summed E-state index contributed by atoms with van der Waals surface area (Å²) in [6.45, 7) is 10.5. The first-order valence-electron chi connectivity index (χ1n) is 5.87. The molecule has 1 unspecified atom stereocenters. The minimum atomic E-state index is 0.432. The summed E-state index contributed by atoms with van der Waals surface area (Å²) in [5.41, 5.74) is 6.07. The lowest BCUT2D eigenvalue weighted by molar-refractivity contribution is 0.227. The van der Waals surface area contributed by atoms with E-state index >= 15 is 0 Å². The van der Waals surface area contributed by atoms with Crippen molar-refractivity contribution in [1.82, 2.24) is 9.88 Å². The number of anilines is 1. The van der Waals surface area contributed by atoms with Gasteiger partial charge < -0.3 is 5.73 Å². The van der Waals surface area contributed by atoms with E-state index < -0.39 is 0 Å². The summed E-state index contributed by atoms with van der Waals surface area (Å²) >= 11 is 1.61. The molecule has 0 aromatic carbocycles. The first kappa shape index (κ1) is 11.9. The highest BCUT2D eigenvalue weighted by Gasteiger charge is 2.31. The highest BCUT2D eigenvalue weighted by Crippen LogP contribution is 2.34. The summed E-state index contributed by atoms with van der Waals surface area (Å²) in [5, 5.41) is 0.682. The average Bonchev–Trinajstić information content (AvgIpc) is 2.74. The van der Waals surface area contributed by atoms with Crippen LogP contribution in [0, 0.1) is 11.3 Å². The van der Waals surface area contributed by atoms with Crippen LogP contribution in [-0.4, -0.2) is 23.0 Å². The van der Waals surface area contributed by atoms with Gasteiger partial charge in [-0.25, -0.2) is 4.98 Å². The van der Waals surface area contributed by atoms with Crippen molar-refractivity contribution >= 4 is 16.5 Å². The molecule has 0 aliphatic carbocycles. The van der Waals surface area contributed by atoms with E-state index in [2.05, 4.69) is 30.7 Å². The highest BCUT2D eigenvalue weighted by molar-refractivity contribution is 7.15. The predicted molar refractivity (Wildman–Crippen MR) is 69.4 cm³/mol. The maximum Gasteiger partial charge on any atom is 0.180 e. The zero-order valence-electron chi connectivity index (χ0n) is 10.4. The number of hydrogen-bond donors (Lipinski definition) is 1. The monoisotopic (exact) mass is 239 g/mol. The second-order valence-corrected chi connectivity index (χ2v) is 6.90. The summed E-state index contributed by atoms with van der Waals surface area (Å²) < 4.78 is 0. The Hall–Kier alpha value is -0.610. The Balaban J connectivity index is 1.90. The van der Waals surface area contributed by atoms with Gasteiger partial charge >= 0.3 is 0 Å². The van der Waals surface area contributed by atoms with Gasteiger partial charge in [-0.1, -0.05) is 20.8 Å². The van der Waals surface area contributed by atoms with E-state index in [0.29, 0.717) is 10.5 Å². The largest absolute Gasteiger partial charge is 0.375 e. The Morgan fingerprint density at radius 3 is 2.81 bits per heavy atom. The molecule has 1 fully saturated rings. The van der Waals surface area contributed by atoms with Crippen molar-refractivity contribution in [3.05, 3.63) is 11.1 Å². The van der Waals surface area contributed by atoms with Crippen molar-refractivity contribution < 1.29 is 0 Å². The number of thiazole rings is 1. The van der Waals surface area contributed by atoms with Crippen molar-refractivity contribution in [1.29, 1.82) is 0 Å². The zero-order valence-corrected chi connectivity index (χ0v) is 11.2. The van der Waals surface area contributed by atoms with Gasteiger partial charge in [0, 0.05) is 24.2 Å². The number of rotatable bonds is 2. The van der Waals surface area contributed by atoms with Crippen LogP contribution in [0.2, 0.25) is 0 Å². The highest BCUT2D eigenvalue weighted by atomic mass is 32.1. The Labute approximate surface area is 102 Å². The van der Waals surface area contributed by atoms with Gasteiger partial charge in [0.05, 0.1) is 0 Å². The zero-order chi connectivity index (χ0) is 11.8. The molecule has 1 atom stereocenters. The molecule has 1 aromatic rings. The molecule has 1 saturated heterocycles. The molecule has 4 heteroatoms. The number of likely N-dealkylation sites (tertiary alicyclic amines) is 1. The lowest BCUT2D eigenvalue weighted by Gasteiger charge is -2.26. The number of nitrogens with two attached hydrogens (primary N) is 1. The smallest absolute Gasteiger partial charge is 0.180 e. The summed E-state index contributed by atoms with van der Waals surface area (Å²) in [7, 11) is 0. The normalized spacial score (nSPS) is 22.8. The lowest BCUT2D eigenvalue weighted by atomic mass is 9.80. The second kappa shape index (κ2) is 4.34. The first-order valence-corrected chi connectivity index (χ1v) is 6.69. The quantitative estimate of drug-likeness (QED) is 0.862. The van der Waals surface area contributed by atoms with Crippen molar-refractivity contribution in [3.8, 4) is 0 Å². The SMILES string of the molecule is CC(C)(C)C1CCN(Cc2cnc(N)s2)C1. The molecule has 1 aliphatic heterocycles. The molecule has 2 rings (SSSR count). The van der Waals surface area contributed by atoms with Crippen LogP contribution in [0.15, 0.2) is 6.20 Å². The minimum absolute atomic E-state index is 0.432. The Bertz CT molecular complexity index is 353. The van der Waals surface area contributed by atoms with Crippen LogP contribution < -0.4 is 5.73 Å². The number of aromatic nitrogens is 1. The molecule has 90 valence electrons. The van der Waals surface area contributed by atoms with E-state index in [9.17, 15) is 0 Å². The van der Waals surface area contributed by atoms with E-state index in [1.165, 1.54) is 24.4 Å². The molecule has 1 aliphatic rings. The van der Waals surface area contributed by atoms with E-state index in [1.807, 2.05) is 6.20 Å². The molecule has 0 bridgehead atoms. The van der Waals surface area contributed by atoms with Gasteiger partial charge in [0.15, 0.2) is 5.13 Å². The molecule has 16 heavy (non-hydrogen) atoms. The Morgan fingerprint density at radius 2 is 2.31 bits per heavy atom. The Morgan fingerprint density at radius 1 is 1.56 bits per heavy atom. The minimum Gasteiger partial charge on any atom is -0.375 e. The molecule has 0 amide bonds. The molecule has 3 nitrogen and oxygen atoms in total. The fourth-order valence-electron chi connectivity index (χ4n) is 2.30. The van der Waals surface area contributed by atoms with Crippen molar-refractivity contribution in [2.24, 2.45) is 11.3 Å². The maximum atomic E-state index is 5.64. The summed E-state index contributed by atoms with van der Waals surface area (Å²) in [6, 6.07) is 0. The maximum absolute atomic E-state index is 5.64. The van der Waals surface area contributed by atoms with Crippen LogP contribution in [-0.2, 0) is 6.54 Å². The van der Waals surface area contributed by atoms with Crippen LogP contribution in [0.25, 0.3) is 0 Å². The molecular weight excluding hydrogens is 218 g/mol. The van der Waals surface area contributed by atoms with Crippen LogP contribution in [0.4, 0.5) is 5.13 Å². The first-order chi connectivity index (χ1) is 7.45. The van der Waals surface area contributed by atoms with Crippen molar-refractivity contribution in [2.75, 3.05) is 18.8 Å². The van der Waals surface area contributed by atoms with Crippen molar-refractivity contribution in [2.45, 2.75) is 33.7 Å². The second-order valence-electron chi connectivity index (χ2n) is 5.75. The summed E-state index contributed by atoms with van der Waals surface area (Å²) in [5.74, 6) is 0.817. The Kier molecular flexibility index (Phi) is 3.22. The number of nitrogens with zero attached hydrogens (tertiary/aromatic N) is 2. The van der Waals surface area contributed by atoms with Gasteiger partial charge in [-0.05, 0) is 24.3 Å². The van der Waals surface area contributed by atoms with Gasteiger partial charge in [-0.2, -0.15) is 0 Å². The molecule has 0 spiro atoms. The molecular formula is C12H21N3S. The fraction of sp³-hybridized carbons (Fsp3) is 0.750. The molecule has 0 saturated carbocycles. The van der Waals surface area contributed by atoms with Gasteiger partial charge in [0.1, 0.15) is 0 Å². The van der Waals surface area contributed by atoms with E-state index in [0.717, 1.165) is 12.5 Å². The van der Waals surface area contributed by atoms with E-state index in [-0.39, 0.29) is 0 Å². The van der Waals surface area contributed by atoms with Crippen LogP contribution in [0.5, 0.6) is 0 Å². The lowest BCUT2D eigenvalue weighted by Crippen LogP contribution is -2.25. The standard InChI is InChI=1S/C12H21N3S/c1-12(2,3)9-4-5-15(7-9)8-10-6-14-11(13)16-10/h6,9H,4-5,7-8H2,1-3H3,(H2,13,14). The van der Waals surface area contributed by atoms with Crippen molar-refractivity contribution in [3.63, 3.8) is 0 Å². The number of hydrogen-bond acceptors (Lipinski definition) is 4. The van der Waals surface area contributed by atoms with Crippen LogP contribution in [0.1, 0.15) is 32.1 Å². The molecule has 1 aromatic heterocycles. The predicted octanol–water partition coefficient (Wildman–Crippen LogP) is 2.59. The van der Waals surface area contributed by atoms with Gasteiger partial charge in [-0.15, -0.1) is 11.3 Å². The molecule has 2 N–H and O–H groups in total. The summed E-state index contributed by atoms with van der Waals surface area (Å²) in [4.78, 5) is 7.90. The van der Waals surface area contributed by atoms with Gasteiger partial charge in [0.2, 0.25) is 0 Å². The van der Waals surface area contributed by atoms with Gasteiger partial charge in [-0.3, -0.25) is 4.90 Å². The third-order valence-electron chi connectivity index (χ3n) is 3.45. The summed E-state index contributed by atoms with van der Waals surface area (Å²) in [6.07, 6.45) is 3.22. The fourth-order valence-corrected chi connectivity index (χ4v) is 3.03. The van der Waals surface area contributed by atoms with Crippen LogP contribution in [0.3, 0.4) is 0 Å². The van der Waals surface area contributed by atoms with Crippen LogP contribution >= 0.6 is 11.3 Å². The number of nitrogen functional groups attached to an aromatic ring is 1.